The van der Waals surface area contributed by atoms with Crippen molar-refractivity contribution in [2.45, 2.75) is 45.6 Å². The average Bonchev–Trinajstić information content (AvgIpc) is 3.08. The molecule has 3 amide bonds. The number of nitrogens with two attached hydrogens (primary N) is 1. The number of nitrogens with zero attached hydrogens (tertiary/aromatic N) is 2. The average molecular weight is 659 g/mol. The summed E-state index contributed by atoms with van der Waals surface area (Å²) >= 11 is 0. The van der Waals surface area contributed by atoms with Crippen molar-refractivity contribution in [2.24, 2.45) is 5.73 Å². The molecule has 0 aliphatic carbocycles. The SMILES string of the molecule is COCc1cc(C(=O)Nc2ccc(C)cc2OCCCCCC(=O)N2CCN(C)CC2)ccc1NC(=O)c1ccccc1NCCCN. The molecule has 4 rings (SSSR count). The van der Waals surface area contributed by atoms with Crippen LogP contribution in [0.15, 0.2) is 60.7 Å². The van der Waals surface area contributed by atoms with Crippen molar-refractivity contribution in [3.8, 4) is 5.75 Å². The second-order valence-corrected chi connectivity index (χ2v) is 12.2. The summed E-state index contributed by atoms with van der Waals surface area (Å²) in [5.41, 5.74) is 10.1. The fraction of sp³-hybridized carbons (Fsp3) is 0.432. The van der Waals surface area contributed by atoms with Crippen molar-refractivity contribution in [3.05, 3.63) is 82.9 Å². The van der Waals surface area contributed by atoms with Crippen LogP contribution in [0.5, 0.6) is 5.75 Å². The summed E-state index contributed by atoms with van der Waals surface area (Å²) in [4.78, 5) is 43.4. The third kappa shape index (κ3) is 10.8. The predicted molar refractivity (Wildman–Crippen MR) is 191 cm³/mol. The Morgan fingerprint density at radius 2 is 1.58 bits per heavy atom. The molecule has 1 aliphatic rings. The number of unbranched alkanes of at least 4 members (excludes halogenated alkanes) is 2. The number of hydrogen-bond donors (Lipinski definition) is 4. The molecule has 3 aromatic rings. The first-order chi connectivity index (χ1) is 23.3. The minimum absolute atomic E-state index is 0.201. The van der Waals surface area contributed by atoms with E-state index in [0.717, 1.165) is 63.1 Å². The maximum absolute atomic E-state index is 13.4. The van der Waals surface area contributed by atoms with Gasteiger partial charge < -0.3 is 41.0 Å². The third-order valence-corrected chi connectivity index (χ3v) is 8.32. The van der Waals surface area contributed by atoms with Crippen LogP contribution < -0.4 is 26.4 Å². The Kier molecular flexibility index (Phi) is 14.2. The van der Waals surface area contributed by atoms with Crippen LogP contribution >= 0.6 is 0 Å². The summed E-state index contributed by atoms with van der Waals surface area (Å²) in [6.45, 7) is 7.33. The maximum Gasteiger partial charge on any atom is 0.257 e. The summed E-state index contributed by atoms with van der Waals surface area (Å²) in [5, 5.41) is 9.23. The molecule has 11 nitrogen and oxygen atoms in total. The number of likely N-dealkylation sites (N-methyl/N-ethyl adjacent to an activating group) is 1. The Morgan fingerprint density at radius 3 is 2.35 bits per heavy atom. The zero-order chi connectivity index (χ0) is 34.3. The van der Waals surface area contributed by atoms with Gasteiger partial charge in [0.1, 0.15) is 5.75 Å². The van der Waals surface area contributed by atoms with E-state index in [0.29, 0.717) is 59.9 Å². The van der Waals surface area contributed by atoms with E-state index >= 15 is 0 Å². The number of methoxy groups -OCH3 is 1. The molecule has 1 saturated heterocycles. The fourth-order valence-corrected chi connectivity index (χ4v) is 5.48. The zero-order valence-corrected chi connectivity index (χ0v) is 28.5. The molecule has 1 aliphatic heterocycles. The molecule has 1 fully saturated rings. The minimum Gasteiger partial charge on any atom is -0.491 e. The lowest BCUT2D eigenvalue weighted by molar-refractivity contribution is -0.132. The number of piperazine rings is 1. The van der Waals surface area contributed by atoms with Gasteiger partial charge in [-0.2, -0.15) is 0 Å². The highest BCUT2D eigenvalue weighted by Gasteiger charge is 2.19. The first kappa shape index (κ1) is 36.4. The number of rotatable bonds is 17. The van der Waals surface area contributed by atoms with E-state index < -0.39 is 0 Å². The topological polar surface area (TPSA) is 138 Å². The molecule has 0 saturated carbocycles. The van der Waals surface area contributed by atoms with Gasteiger partial charge in [0.15, 0.2) is 0 Å². The number of hydrogen-bond acceptors (Lipinski definition) is 8. The highest BCUT2D eigenvalue weighted by Crippen LogP contribution is 2.28. The molecule has 3 aromatic carbocycles. The summed E-state index contributed by atoms with van der Waals surface area (Å²) in [7, 11) is 3.65. The monoisotopic (exact) mass is 658 g/mol. The van der Waals surface area contributed by atoms with Crippen molar-refractivity contribution in [1.82, 2.24) is 9.80 Å². The number of benzene rings is 3. The second kappa shape index (κ2) is 18.8. The van der Waals surface area contributed by atoms with Crippen LogP contribution in [0.25, 0.3) is 0 Å². The van der Waals surface area contributed by atoms with Gasteiger partial charge in [-0.05, 0) is 94.2 Å². The van der Waals surface area contributed by atoms with Crippen LogP contribution in [-0.4, -0.2) is 87.6 Å². The Labute approximate surface area is 284 Å². The number of ether oxygens (including phenoxy) is 2. The van der Waals surface area contributed by atoms with E-state index in [9.17, 15) is 14.4 Å². The lowest BCUT2D eigenvalue weighted by atomic mass is 10.1. The highest BCUT2D eigenvalue weighted by molar-refractivity contribution is 6.09. The van der Waals surface area contributed by atoms with E-state index in [1.807, 2.05) is 48.2 Å². The van der Waals surface area contributed by atoms with Crippen LogP contribution in [0, 0.1) is 6.92 Å². The largest absolute Gasteiger partial charge is 0.491 e. The quantitative estimate of drug-likeness (QED) is 0.147. The fourth-order valence-electron chi connectivity index (χ4n) is 5.48. The van der Waals surface area contributed by atoms with Gasteiger partial charge in [-0.15, -0.1) is 0 Å². The first-order valence-electron chi connectivity index (χ1n) is 16.8. The molecule has 0 bridgehead atoms. The number of anilines is 3. The Bertz CT molecular complexity index is 1520. The summed E-state index contributed by atoms with van der Waals surface area (Å²) in [5.74, 6) is 0.240. The molecule has 0 spiro atoms. The van der Waals surface area contributed by atoms with Gasteiger partial charge in [-0.1, -0.05) is 18.2 Å². The normalized spacial score (nSPS) is 13.2. The predicted octanol–water partition coefficient (Wildman–Crippen LogP) is 5.12. The Hall–Kier alpha value is -4.45. The van der Waals surface area contributed by atoms with Gasteiger partial charge in [-0.3, -0.25) is 14.4 Å². The molecule has 48 heavy (non-hydrogen) atoms. The smallest absolute Gasteiger partial charge is 0.257 e. The molecule has 11 heteroatoms. The van der Waals surface area contributed by atoms with E-state index in [-0.39, 0.29) is 24.3 Å². The number of aryl methyl sites for hydroxylation is 1. The van der Waals surface area contributed by atoms with Gasteiger partial charge in [0.2, 0.25) is 5.91 Å². The van der Waals surface area contributed by atoms with Crippen molar-refractivity contribution < 1.29 is 23.9 Å². The maximum atomic E-state index is 13.4. The van der Waals surface area contributed by atoms with Gasteiger partial charge in [0.25, 0.3) is 11.8 Å². The number of nitrogens with one attached hydrogen (secondary N) is 3. The summed E-state index contributed by atoms with van der Waals surface area (Å²) in [6, 6.07) is 18.1. The molecule has 5 N–H and O–H groups in total. The van der Waals surface area contributed by atoms with Crippen molar-refractivity contribution in [2.75, 3.05) is 76.0 Å². The molecule has 0 radical (unpaired) electrons. The molecule has 1 heterocycles. The third-order valence-electron chi connectivity index (χ3n) is 8.32. The van der Waals surface area contributed by atoms with Crippen LogP contribution in [0.3, 0.4) is 0 Å². The number of carbonyl (C=O) groups excluding carboxylic acids is 3. The Morgan fingerprint density at radius 1 is 0.833 bits per heavy atom. The van der Waals surface area contributed by atoms with Gasteiger partial charge in [0.05, 0.1) is 24.5 Å². The minimum atomic E-state index is -0.309. The summed E-state index contributed by atoms with van der Waals surface area (Å²) < 4.78 is 11.5. The number of para-hydroxylation sites is 1. The van der Waals surface area contributed by atoms with Crippen LogP contribution in [0.1, 0.15) is 63.9 Å². The van der Waals surface area contributed by atoms with Crippen LogP contribution in [-0.2, 0) is 16.1 Å². The molecule has 258 valence electrons. The Balaban J connectivity index is 1.33. The lowest BCUT2D eigenvalue weighted by Crippen LogP contribution is -2.47. The molecular weight excluding hydrogens is 608 g/mol. The summed E-state index contributed by atoms with van der Waals surface area (Å²) in [6.07, 6.45) is 3.86. The molecule has 0 atom stereocenters. The van der Waals surface area contributed by atoms with Crippen LogP contribution in [0.2, 0.25) is 0 Å². The highest BCUT2D eigenvalue weighted by atomic mass is 16.5. The van der Waals surface area contributed by atoms with Gasteiger partial charge in [-0.25, -0.2) is 0 Å². The molecular formula is C37H50N6O5. The van der Waals surface area contributed by atoms with Crippen LogP contribution in [0.4, 0.5) is 17.1 Å². The second-order valence-electron chi connectivity index (χ2n) is 12.2. The first-order valence-corrected chi connectivity index (χ1v) is 16.8. The van der Waals surface area contributed by atoms with E-state index in [1.54, 1.807) is 31.4 Å². The number of carbonyl (C=O) groups is 3. The zero-order valence-electron chi connectivity index (χ0n) is 28.5. The van der Waals surface area contributed by atoms with Gasteiger partial charge >= 0.3 is 0 Å². The van der Waals surface area contributed by atoms with E-state index in [4.69, 9.17) is 15.2 Å². The van der Waals surface area contributed by atoms with Gasteiger partial charge in [0, 0.05) is 68.8 Å². The number of amides is 3. The molecule has 0 unspecified atom stereocenters. The lowest BCUT2D eigenvalue weighted by Gasteiger charge is -2.32. The van der Waals surface area contributed by atoms with Crippen molar-refractivity contribution in [3.63, 3.8) is 0 Å². The van der Waals surface area contributed by atoms with E-state index in [1.165, 1.54) is 0 Å². The van der Waals surface area contributed by atoms with Crippen molar-refractivity contribution in [1.29, 1.82) is 0 Å². The van der Waals surface area contributed by atoms with Crippen molar-refractivity contribution >= 4 is 34.8 Å². The molecule has 0 aromatic heterocycles. The van der Waals surface area contributed by atoms with E-state index in [2.05, 4.69) is 27.9 Å². The standard InChI is InChI=1S/C37H50N6O5/c1-27-13-15-33(34(24-27)48-23-8-4-5-12-35(44)43-21-19-42(2)20-22-43)41-36(45)28-14-16-31(29(25-28)26-47-3)40-37(46)30-10-6-7-11-32(30)39-18-9-17-38/h6-7,10-11,13-16,24-25,39H,4-5,8-9,12,17-23,26,38H2,1-3H3,(H,40,46)(H,41,45).